The van der Waals surface area contributed by atoms with Crippen molar-refractivity contribution in [3.05, 3.63) is 23.8 Å². The lowest BCUT2D eigenvalue weighted by Crippen LogP contribution is -2.43. The molecule has 0 saturated carbocycles. The van der Waals surface area contributed by atoms with Crippen LogP contribution in [0.25, 0.3) is 0 Å². The van der Waals surface area contributed by atoms with Crippen LogP contribution in [0.3, 0.4) is 0 Å². The van der Waals surface area contributed by atoms with Gasteiger partial charge in [-0.1, -0.05) is 6.07 Å². The number of methoxy groups -OCH3 is 1. The molecule has 0 aromatic heterocycles. The zero-order valence-electron chi connectivity index (χ0n) is 14.6. The summed E-state index contributed by atoms with van der Waals surface area (Å²) in [5.74, 6) is 0.919. The number of carbonyl (C=O) groups is 1. The summed E-state index contributed by atoms with van der Waals surface area (Å²) in [6.07, 6.45) is -0.388. The average molecular weight is 324 g/mol. The predicted octanol–water partition coefficient (Wildman–Crippen LogP) is 1.46. The SMILES string of the molecule is COc1cc(CNC[C@H](C)O)ccc1OCC(=O)NC(C)(C)C. The Hall–Kier alpha value is -1.79. The molecule has 130 valence electrons. The number of benzene rings is 1. The predicted molar refractivity (Wildman–Crippen MR) is 89.8 cm³/mol. The Bertz CT molecular complexity index is 510. The van der Waals surface area contributed by atoms with E-state index in [1.54, 1.807) is 20.1 Å². The van der Waals surface area contributed by atoms with Gasteiger partial charge in [0.2, 0.25) is 0 Å². The maximum atomic E-state index is 11.8. The van der Waals surface area contributed by atoms with Crippen LogP contribution in [0.4, 0.5) is 0 Å². The molecule has 1 aromatic carbocycles. The van der Waals surface area contributed by atoms with Crippen molar-refractivity contribution in [3.63, 3.8) is 0 Å². The van der Waals surface area contributed by atoms with Crippen molar-refractivity contribution in [1.82, 2.24) is 10.6 Å². The number of rotatable bonds is 8. The molecule has 6 heteroatoms. The van der Waals surface area contributed by atoms with Gasteiger partial charge in [0.25, 0.3) is 5.91 Å². The lowest BCUT2D eigenvalue weighted by molar-refractivity contribution is -0.124. The number of amides is 1. The summed E-state index contributed by atoms with van der Waals surface area (Å²) in [5, 5.41) is 15.2. The van der Waals surface area contributed by atoms with E-state index in [2.05, 4.69) is 10.6 Å². The second kappa shape index (κ2) is 8.74. The second-order valence-corrected chi connectivity index (χ2v) is 6.55. The molecule has 0 fully saturated rings. The Kier molecular flexibility index (Phi) is 7.32. The van der Waals surface area contributed by atoms with Gasteiger partial charge in [-0.3, -0.25) is 4.79 Å². The van der Waals surface area contributed by atoms with Gasteiger partial charge in [0, 0.05) is 18.6 Å². The monoisotopic (exact) mass is 324 g/mol. The molecule has 0 heterocycles. The van der Waals surface area contributed by atoms with Gasteiger partial charge < -0.3 is 25.2 Å². The maximum Gasteiger partial charge on any atom is 0.258 e. The van der Waals surface area contributed by atoms with E-state index in [0.717, 1.165) is 5.56 Å². The van der Waals surface area contributed by atoms with Gasteiger partial charge in [0.05, 0.1) is 13.2 Å². The molecule has 0 aliphatic heterocycles. The number of aliphatic hydroxyl groups is 1. The highest BCUT2D eigenvalue weighted by Crippen LogP contribution is 2.28. The molecule has 0 radical (unpaired) electrons. The van der Waals surface area contributed by atoms with Gasteiger partial charge in [-0.05, 0) is 45.4 Å². The van der Waals surface area contributed by atoms with Crippen molar-refractivity contribution in [3.8, 4) is 11.5 Å². The fourth-order valence-electron chi connectivity index (χ4n) is 1.96. The third kappa shape index (κ3) is 7.85. The first-order valence-electron chi connectivity index (χ1n) is 7.71. The third-order valence-corrected chi connectivity index (χ3v) is 2.87. The molecule has 0 spiro atoms. The van der Waals surface area contributed by atoms with Crippen molar-refractivity contribution in [1.29, 1.82) is 0 Å². The fourth-order valence-corrected chi connectivity index (χ4v) is 1.96. The first-order valence-corrected chi connectivity index (χ1v) is 7.71. The summed E-state index contributed by atoms with van der Waals surface area (Å²) in [4.78, 5) is 11.8. The molecule has 0 aliphatic rings. The smallest absolute Gasteiger partial charge is 0.258 e. The normalized spacial score (nSPS) is 12.6. The van der Waals surface area contributed by atoms with Crippen molar-refractivity contribution in [2.45, 2.75) is 45.9 Å². The lowest BCUT2D eigenvalue weighted by atomic mass is 10.1. The highest BCUT2D eigenvalue weighted by atomic mass is 16.5. The van der Waals surface area contributed by atoms with Gasteiger partial charge in [0.15, 0.2) is 18.1 Å². The summed E-state index contributed by atoms with van der Waals surface area (Å²) in [6, 6.07) is 5.53. The van der Waals surface area contributed by atoms with Crippen LogP contribution < -0.4 is 20.1 Å². The van der Waals surface area contributed by atoms with Gasteiger partial charge in [-0.2, -0.15) is 0 Å². The standard InChI is InChI=1S/C17H28N2O4/c1-12(20)9-18-10-13-6-7-14(15(8-13)22-5)23-11-16(21)19-17(2,3)4/h6-8,12,18,20H,9-11H2,1-5H3,(H,19,21)/t12-/m0/s1. The van der Waals surface area contributed by atoms with E-state index >= 15 is 0 Å². The Morgan fingerprint density at radius 2 is 2.00 bits per heavy atom. The van der Waals surface area contributed by atoms with Gasteiger partial charge in [-0.25, -0.2) is 0 Å². The van der Waals surface area contributed by atoms with E-state index in [0.29, 0.717) is 24.6 Å². The number of nitrogens with one attached hydrogen (secondary N) is 2. The zero-order valence-corrected chi connectivity index (χ0v) is 14.6. The summed E-state index contributed by atoms with van der Waals surface area (Å²) in [5.41, 5.74) is 0.721. The van der Waals surface area contributed by atoms with Crippen LogP contribution in [0.15, 0.2) is 18.2 Å². The molecular formula is C17H28N2O4. The van der Waals surface area contributed by atoms with Crippen molar-refractivity contribution < 1.29 is 19.4 Å². The first kappa shape index (κ1) is 19.3. The molecule has 6 nitrogen and oxygen atoms in total. The summed E-state index contributed by atoms with van der Waals surface area (Å²) >= 11 is 0. The maximum absolute atomic E-state index is 11.8. The topological polar surface area (TPSA) is 79.8 Å². The first-order chi connectivity index (χ1) is 10.7. The van der Waals surface area contributed by atoms with Crippen LogP contribution in [-0.4, -0.2) is 42.9 Å². The molecule has 1 amide bonds. The molecule has 0 saturated heterocycles. The summed E-state index contributed by atoms with van der Waals surface area (Å²) in [6.45, 7) is 8.56. The lowest BCUT2D eigenvalue weighted by Gasteiger charge is -2.20. The number of hydrogen-bond acceptors (Lipinski definition) is 5. The Morgan fingerprint density at radius 1 is 1.30 bits per heavy atom. The molecule has 1 rings (SSSR count). The van der Waals surface area contributed by atoms with Gasteiger partial charge in [-0.15, -0.1) is 0 Å². The van der Waals surface area contributed by atoms with Crippen LogP contribution in [0.1, 0.15) is 33.3 Å². The van der Waals surface area contributed by atoms with E-state index in [1.165, 1.54) is 0 Å². The van der Waals surface area contributed by atoms with Crippen LogP contribution in [0, 0.1) is 0 Å². The minimum Gasteiger partial charge on any atom is -0.493 e. The Morgan fingerprint density at radius 3 is 2.57 bits per heavy atom. The number of hydrogen-bond donors (Lipinski definition) is 3. The zero-order chi connectivity index (χ0) is 17.5. The summed E-state index contributed by atoms with van der Waals surface area (Å²) in [7, 11) is 1.56. The van der Waals surface area contributed by atoms with Gasteiger partial charge >= 0.3 is 0 Å². The van der Waals surface area contributed by atoms with Gasteiger partial charge in [0.1, 0.15) is 0 Å². The highest BCUT2D eigenvalue weighted by Gasteiger charge is 2.15. The molecule has 1 atom stereocenters. The molecular weight excluding hydrogens is 296 g/mol. The largest absolute Gasteiger partial charge is 0.493 e. The minimum absolute atomic E-state index is 0.0622. The molecule has 3 N–H and O–H groups in total. The quantitative estimate of drug-likeness (QED) is 0.675. The van der Waals surface area contributed by atoms with E-state index in [4.69, 9.17) is 9.47 Å². The molecule has 0 aliphatic carbocycles. The van der Waals surface area contributed by atoms with E-state index in [1.807, 2.05) is 32.9 Å². The molecule has 0 unspecified atom stereocenters. The van der Waals surface area contributed by atoms with Crippen LogP contribution in [-0.2, 0) is 11.3 Å². The third-order valence-electron chi connectivity index (χ3n) is 2.87. The fraction of sp³-hybridized carbons (Fsp3) is 0.588. The molecule has 1 aromatic rings. The number of carbonyl (C=O) groups excluding carboxylic acids is 1. The summed E-state index contributed by atoms with van der Waals surface area (Å²) < 4.78 is 10.8. The number of ether oxygens (including phenoxy) is 2. The van der Waals surface area contributed by atoms with E-state index in [9.17, 15) is 9.90 Å². The second-order valence-electron chi connectivity index (χ2n) is 6.55. The van der Waals surface area contributed by atoms with Crippen LogP contribution in [0.2, 0.25) is 0 Å². The Balaban J connectivity index is 2.60. The minimum atomic E-state index is -0.388. The van der Waals surface area contributed by atoms with E-state index in [-0.39, 0.29) is 24.2 Å². The van der Waals surface area contributed by atoms with Crippen LogP contribution >= 0.6 is 0 Å². The van der Waals surface area contributed by atoms with Crippen molar-refractivity contribution >= 4 is 5.91 Å². The number of aliphatic hydroxyl groups excluding tert-OH is 1. The highest BCUT2D eigenvalue weighted by molar-refractivity contribution is 5.78. The molecule has 0 bridgehead atoms. The van der Waals surface area contributed by atoms with E-state index < -0.39 is 0 Å². The molecule has 23 heavy (non-hydrogen) atoms. The Labute approximate surface area is 138 Å². The van der Waals surface area contributed by atoms with Crippen LogP contribution in [0.5, 0.6) is 11.5 Å². The average Bonchev–Trinajstić information content (AvgIpc) is 2.43. The van der Waals surface area contributed by atoms with Crippen molar-refractivity contribution in [2.24, 2.45) is 0 Å². The van der Waals surface area contributed by atoms with Crippen molar-refractivity contribution in [2.75, 3.05) is 20.3 Å².